The van der Waals surface area contributed by atoms with Crippen molar-refractivity contribution in [1.82, 2.24) is 0 Å². The van der Waals surface area contributed by atoms with Crippen LogP contribution in [0.1, 0.15) is 25.3 Å². The Morgan fingerprint density at radius 1 is 1.53 bits per heavy atom. The fraction of sp³-hybridized carbons (Fsp3) is 0.364. The van der Waals surface area contributed by atoms with Crippen molar-refractivity contribution < 1.29 is 9.94 Å². The summed E-state index contributed by atoms with van der Waals surface area (Å²) < 4.78 is 0. The third-order valence-electron chi connectivity index (χ3n) is 1.85. The van der Waals surface area contributed by atoms with E-state index in [-0.39, 0.29) is 5.75 Å². The number of oxime groups is 1. The van der Waals surface area contributed by atoms with Crippen molar-refractivity contribution in [2.24, 2.45) is 5.16 Å². The summed E-state index contributed by atoms with van der Waals surface area (Å²) in [4.78, 5) is 4.99. The SMILES string of the molecule is CCCCON=Cc1cc(Cl)ccc1O. The van der Waals surface area contributed by atoms with E-state index in [1.54, 1.807) is 12.1 Å². The first-order chi connectivity index (χ1) is 7.24. The van der Waals surface area contributed by atoms with Crippen molar-refractivity contribution in [3.63, 3.8) is 0 Å². The van der Waals surface area contributed by atoms with E-state index in [2.05, 4.69) is 12.1 Å². The number of halogens is 1. The molecule has 0 radical (unpaired) electrons. The Morgan fingerprint density at radius 3 is 3.07 bits per heavy atom. The van der Waals surface area contributed by atoms with Gasteiger partial charge in [0.2, 0.25) is 0 Å². The molecule has 1 rings (SSSR count). The number of phenols is 1. The molecule has 0 aromatic heterocycles. The minimum atomic E-state index is 0.141. The van der Waals surface area contributed by atoms with Crippen LogP contribution in [0.4, 0.5) is 0 Å². The maximum atomic E-state index is 9.43. The van der Waals surface area contributed by atoms with Crippen LogP contribution in [0.15, 0.2) is 23.4 Å². The molecule has 0 saturated heterocycles. The Labute approximate surface area is 94.3 Å². The molecular weight excluding hydrogens is 214 g/mol. The molecule has 1 aromatic rings. The Balaban J connectivity index is 2.52. The van der Waals surface area contributed by atoms with E-state index in [1.807, 2.05) is 0 Å². The van der Waals surface area contributed by atoms with E-state index >= 15 is 0 Å². The van der Waals surface area contributed by atoms with Gasteiger partial charge in [0.25, 0.3) is 0 Å². The molecule has 0 aliphatic heterocycles. The predicted molar refractivity (Wildman–Crippen MR) is 61.6 cm³/mol. The average Bonchev–Trinajstić information content (AvgIpc) is 2.23. The molecular formula is C11H14ClNO2. The second-order valence-corrected chi connectivity index (χ2v) is 3.56. The molecule has 0 heterocycles. The second kappa shape index (κ2) is 6.30. The molecule has 0 bridgehead atoms. The maximum absolute atomic E-state index is 9.43. The van der Waals surface area contributed by atoms with Crippen LogP contribution in [0.2, 0.25) is 5.02 Å². The van der Waals surface area contributed by atoms with Gasteiger partial charge in [-0.25, -0.2) is 0 Å². The van der Waals surface area contributed by atoms with Crippen molar-refractivity contribution in [3.05, 3.63) is 28.8 Å². The third-order valence-corrected chi connectivity index (χ3v) is 2.08. The lowest BCUT2D eigenvalue weighted by molar-refractivity contribution is 0.142. The summed E-state index contributed by atoms with van der Waals surface area (Å²) in [5.41, 5.74) is 0.555. The van der Waals surface area contributed by atoms with Crippen LogP contribution >= 0.6 is 11.6 Å². The number of hydrogen-bond donors (Lipinski definition) is 1. The summed E-state index contributed by atoms with van der Waals surface area (Å²) in [6.07, 6.45) is 3.49. The van der Waals surface area contributed by atoms with E-state index in [4.69, 9.17) is 16.4 Å². The van der Waals surface area contributed by atoms with Crippen molar-refractivity contribution in [2.75, 3.05) is 6.61 Å². The number of nitrogens with zero attached hydrogens (tertiary/aromatic N) is 1. The molecule has 1 N–H and O–H groups in total. The van der Waals surface area contributed by atoms with Crippen LogP contribution in [-0.4, -0.2) is 17.9 Å². The van der Waals surface area contributed by atoms with Gasteiger partial charge in [-0.3, -0.25) is 0 Å². The zero-order valence-electron chi connectivity index (χ0n) is 8.61. The van der Waals surface area contributed by atoms with Gasteiger partial charge in [-0.05, 0) is 24.6 Å². The highest BCUT2D eigenvalue weighted by Gasteiger charge is 1.98. The number of rotatable bonds is 5. The van der Waals surface area contributed by atoms with Gasteiger partial charge in [0.1, 0.15) is 12.4 Å². The topological polar surface area (TPSA) is 41.8 Å². The van der Waals surface area contributed by atoms with Gasteiger partial charge in [0, 0.05) is 10.6 Å². The fourth-order valence-electron chi connectivity index (χ4n) is 0.984. The van der Waals surface area contributed by atoms with Gasteiger partial charge in [-0.1, -0.05) is 30.1 Å². The molecule has 0 fully saturated rings. The van der Waals surface area contributed by atoms with Crippen LogP contribution in [0, 0.1) is 0 Å². The molecule has 0 aliphatic rings. The van der Waals surface area contributed by atoms with Crippen molar-refractivity contribution >= 4 is 17.8 Å². The Kier molecular flexibility index (Phi) is 4.98. The lowest BCUT2D eigenvalue weighted by Gasteiger charge is -1.99. The highest BCUT2D eigenvalue weighted by Crippen LogP contribution is 2.19. The van der Waals surface area contributed by atoms with E-state index in [1.165, 1.54) is 12.3 Å². The van der Waals surface area contributed by atoms with Crippen LogP contribution in [0.3, 0.4) is 0 Å². The number of phenolic OH excluding ortho intramolecular Hbond substituents is 1. The van der Waals surface area contributed by atoms with Crippen molar-refractivity contribution in [1.29, 1.82) is 0 Å². The van der Waals surface area contributed by atoms with Gasteiger partial charge in [0.15, 0.2) is 0 Å². The lowest BCUT2D eigenvalue weighted by atomic mass is 10.2. The largest absolute Gasteiger partial charge is 0.507 e. The standard InChI is InChI=1S/C11H14ClNO2/c1-2-3-6-15-13-8-9-7-10(12)4-5-11(9)14/h4-5,7-8,14H,2-3,6H2,1H3. The summed E-state index contributed by atoms with van der Waals surface area (Å²) in [5, 5.41) is 13.7. The summed E-state index contributed by atoms with van der Waals surface area (Å²) in [6, 6.07) is 4.77. The number of unbranched alkanes of at least 4 members (excludes halogenated alkanes) is 1. The van der Waals surface area contributed by atoms with E-state index in [0.717, 1.165) is 12.8 Å². The van der Waals surface area contributed by atoms with Gasteiger partial charge >= 0.3 is 0 Å². The molecule has 3 nitrogen and oxygen atoms in total. The monoisotopic (exact) mass is 227 g/mol. The summed E-state index contributed by atoms with van der Waals surface area (Å²) in [7, 11) is 0. The second-order valence-electron chi connectivity index (χ2n) is 3.12. The Morgan fingerprint density at radius 2 is 2.33 bits per heavy atom. The highest BCUT2D eigenvalue weighted by molar-refractivity contribution is 6.30. The minimum Gasteiger partial charge on any atom is -0.507 e. The van der Waals surface area contributed by atoms with Crippen LogP contribution in [0.25, 0.3) is 0 Å². The highest BCUT2D eigenvalue weighted by atomic mass is 35.5. The quantitative estimate of drug-likeness (QED) is 0.477. The average molecular weight is 228 g/mol. The molecule has 0 spiro atoms. The Hall–Kier alpha value is -1.22. The maximum Gasteiger partial charge on any atom is 0.124 e. The number of aromatic hydroxyl groups is 1. The Bertz CT molecular complexity index is 339. The molecule has 0 unspecified atom stereocenters. The van der Waals surface area contributed by atoms with E-state index < -0.39 is 0 Å². The van der Waals surface area contributed by atoms with E-state index in [9.17, 15) is 5.11 Å². The van der Waals surface area contributed by atoms with Crippen LogP contribution < -0.4 is 0 Å². The van der Waals surface area contributed by atoms with Crippen LogP contribution in [-0.2, 0) is 4.84 Å². The molecule has 1 aromatic carbocycles. The van der Waals surface area contributed by atoms with Crippen molar-refractivity contribution in [3.8, 4) is 5.75 Å². The van der Waals surface area contributed by atoms with Gasteiger partial charge < -0.3 is 9.94 Å². The number of hydrogen-bond acceptors (Lipinski definition) is 3. The molecule has 0 atom stereocenters. The smallest absolute Gasteiger partial charge is 0.124 e. The summed E-state index contributed by atoms with van der Waals surface area (Å²) in [5.74, 6) is 0.141. The first-order valence-electron chi connectivity index (χ1n) is 4.88. The van der Waals surface area contributed by atoms with Crippen molar-refractivity contribution in [2.45, 2.75) is 19.8 Å². The fourth-order valence-corrected chi connectivity index (χ4v) is 1.16. The summed E-state index contributed by atoms with van der Waals surface area (Å²) >= 11 is 5.77. The lowest BCUT2D eigenvalue weighted by Crippen LogP contribution is -1.88. The molecule has 0 saturated carbocycles. The van der Waals surface area contributed by atoms with Gasteiger partial charge in [-0.2, -0.15) is 0 Å². The first-order valence-corrected chi connectivity index (χ1v) is 5.25. The van der Waals surface area contributed by atoms with E-state index in [0.29, 0.717) is 17.2 Å². The first kappa shape index (κ1) is 11.9. The minimum absolute atomic E-state index is 0.141. The van der Waals surface area contributed by atoms with Crippen LogP contribution in [0.5, 0.6) is 5.75 Å². The molecule has 15 heavy (non-hydrogen) atoms. The predicted octanol–water partition coefficient (Wildman–Crippen LogP) is 3.20. The zero-order chi connectivity index (χ0) is 11.1. The molecule has 82 valence electrons. The molecule has 0 aliphatic carbocycles. The normalized spacial score (nSPS) is 10.8. The zero-order valence-corrected chi connectivity index (χ0v) is 9.37. The molecule has 4 heteroatoms. The van der Waals surface area contributed by atoms with Gasteiger partial charge in [0.05, 0.1) is 6.21 Å². The third kappa shape index (κ3) is 4.21. The number of benzene rings is 1. The van der Waals surface area contributed by atoms with Gasteiger partial charge in [-0.15, -0.1) is 0 Å². The molecule has 0 amide bonds. The summed E-state index contributed by atoms with van der Waals surface area (Å²) in [6.45, 7) is 2.67.